The standard InChI is InChI=1S/C18H16BrCl2N3O2.C8H5NO2/c1-10-17(19)24-8-4-5-15(18(24)22-10)26-9-12-13(20)6-7-14(16(12)21)23(3)11(2)25;10-7-5-3-1-2-4-6(5)8(11)9-7/h4-8H,9H2,1-3H3;1-4H,(H,9,10,11). The largest absolute Gasteiger partial charge is 0.485 e. The SMILES string of the molecule is CC(=O)N(C)c1ccc(Cl)c(COc2cccn3c(Br)c(C)nc23)c1Cl.O=C1NC(=O)c2ccccc21. The number of benzene rings is 2. The minimum absolute atomic E-state index is 0.122. The van der Waals surface area contributed by atoms with E-state index in [0.717, 1.165) is 10.3 Å². The van der Waals surface area contributed by atoms with Crippen molar-refractivity contribution in [3.05, 3.63) is 91.8 Å². The second kappa shape index (κ2) is 10.9. The summed E-state index contributed by atoms with van der Waals surface area (Å²) in [6.45, 7) is 3.54. The van der Waals surface area contributed by atoms with Crippen molar-refractivity contribution in [2.24, 2.45) is 0 Å². The van der Waals surface area contributed by atoms with Gasteiger partial charge in [-0.05, 0) is 59.3 Å². The summed E-state index contributed by atoms with van der Waals surface area (Å²) < 4.78 is 8.72. The van der Waals surface area contributed by atoms with E-state index >= 15 is 0 Å². The smallest absolute Gasteiger partial charge is 0.258 e. The van der Waals surface area contributed by atoms with Crippen LogP contribution in [0.5, 0.6) is 5.75 Å². The van der Waals surface area contributed by atoms with Crippen molar-refractivity contribution in [1.82, 2.24) is 14.7 Å². The molecule has 2 aromatic heterocycles. The van der Waals surface area contributed by atoms with Gasteiger partial charge in [-0.25, -0.2) is 4.98 Å². The van der Waals surface area contributed by atoms with E-state index in [0.29, 0.717) is 43.8 Å². The molecule has 0 bridgehead atoms. The van der Waals surface area contributed by atoms with E-state index in [2.05, 4.69) is 26.2 Å². The van der Waals surface area contributed by atoms with E-state index in [1.165, 1.54) is 11.8 Å². The predicted octanol–water partition coefficient (Wildman–Crippen LogP) is 5.84. The van der Waals surface area contributed by atoms with Gasteiger partial charge in [0.25, 0.3) is 11.8 Å². The number of nitrogens with zero attached hydrogens (tertiary/aromatic N) is 3. The molecule has 0 aliphatic carbocycles. The molecular formula is C26H21BrCl2N4O4. The number of halogens is 3. The summed E-state index contributed by atoms with van der Waals surface area (Å²) in [7, 11) is 1.66. The molecule has 1 N–H and O–H groups in total. The first-order valence-corrected chi connectivity index (χ1v) is 12.6. The molecule has 0 saturated heterocycles. The van der Waals surface area contributed by atoms with Crippen LogP contribution >= 0.6 is 39.1 Å². The molecule has 4 aromatic rings. The average Bonchev–Trinajstić information content (AvgIpc) is 3.34. The molecule has 0 saturated carbocycles. The monoisotopic (exact) mass is 602 g/mol. The predicted molar refractivity (Wildman–Crippen MR) is 146 cm³/mol. The quantitative estimate of drug-likeness (QED) is 0.296. The fourth-order valence-electron chi connectivity index (χ4n) is 3.65. The van der Waals surface area contributed by atoms with Crippen molar-refractivity contribution >= 4 is 68.2 Å². The Labute approximate surface area is 231 Å². The number of rotatable bonds is 4. The Morgan fingerprint density at radius 3 is 2.35 bits per heavy atom. The maximum Gasteiger partial charge on any atom is 0.258 e. The van der Waals surface area contributed by atoms with Crippen molar-refractivity contribution in [2.75, 3.05) is 11.9 Å². The van der Waals surface area contributed by atoms with Gasteiger partial charge in [0, 0.05) is 30.8 Å². The first-order chi connectivity index (χ1) is 17.6. The molecule has 3 amide bonds. The van der Waals surface area contributed by atoms with E-state index in [4.69, 9.17) is 27.9 Å². The number of hydrogen-bond acceptors (Lipinski definition) is 5. The number of aromatic nitrogens is 2. The molecule has 2 aromatic carbocycles. The van der Waals surface area contributed by atoms with Crippen LogP contribution in [0.1, 0.15) is 38.9 Å². The molecule has 0 radical (unpaired) electrons. The minimum Gasteiger partial charge on any atom is -0.485 e. The van der Waals surface area contributed by atoms with E-state index in [-0.39, 0.29) is 24.3 Å². The second-order valence-electron chi connectivity index (χ2n) is 8.11. The molecule has 11 heteroatoms. The van der Waals surface area contributed by atoms with Gasteiger partial charge in [0.2, 0.25) is 5.91 Å². The van der Waals surface area contributed by atoms with Gasteiger partial charge >= 0.3 is 0 Å². The van der Waals surface area contributed by atoms with E-state index in [1.54, 1.807) is 43.4 Å². The lowest BCUT2D eigenvalue weighted by Gasteiger charge is -2.19. The Morgan fingerprint density at radius 2 is 1.73 bits per heavy atom. The van der Waals surface area contributed by atoms with Gasteiger partial charge in [-0.2, -0.15) is 0 Å². The summed E-state index contributed by atoms with van der Waals surface area (Å²) in [5.74, 6) is -0.112. The molecule has 5 rings (SSSR count). The number of amides is 3. The third kappa shape index (κ3) is 5.34. The Kier molecular flexibility index (Phi) is 7.87. The third-order valence-electron chi connectivity index (χ3n) is 5.73. The van der Waals surface area contributed by atoms with Gasteiger partial charge in [0.05, 0.1) is 27.5 Å². The lowest BCUT2D eigenvalue weighted by Crippen LogP contribution is -2.23. The zero-order valence-corrected chi connectivity index (χ0v) is 23.1. The lowest BCUT2D eigenvalue weighted by molar-refractivity contribution is -0.116. The average molecular weight is 604 g/mol. The van der Waals surface area contributed by atoms with Crippen molar-refractivity contribution in [3.8, 4) is 5.75 Å². The van der Waals surface area contributed by atoms with Gasteiger partial charge in [-0.3, -0.25) is 24.1 Å². The number of imide groups is 1. The number of carbonyl (C=O) groups excluding carboxylic acids is 3. The number of fused-ring (bicyclic) bond motifs is 2. The van der Waals surface area contributed by atoms with Crippen molar-refractivity contribution < 1.29 is 19.1 Å². The zero-order chi connectivity index (χ0) is 26.9. The van der Waals surface area contributed by atoms with Gasteiger partial charge in [0.1, 0.15) is 11.2 Å². The summed E-state index contributed by atoms with van der Waals surface area (Å²) in [5.41, 5.74) is 3.70. The van der Waals surface area contributed by atoms with Gasteiger partial charge in [0.15, 0.2) is 11.4 Å². The topological polar surface area (TPSA) is 93.0 Å². The molecule has 0 fully saturated rings. The third-order valence-corrected chi connectivity index (χ3v) is 7.46. The second-order valence-corrected chi connectivity index (χ2v) is 9.64. The molecule has 1 aliphatic heterocycles. The highest BCUT2D eigenvalue weighted by atomic mass is 79.9. The number of aryl methyl sites for hydroxylation is 1. The maximum atomic E-state index is 11.6. The summed E-state index contributed by atoms with van der Waals surface area (Å²) in [6, 6.07) is 13.9. The maximum absolute atomic E-state index is 11.6. The van der Waals surface area contributed by atoms with Gasteiger partial charge < -0.3 is 9.64 Å². The van der Waals surface area contributed by atoms with Crippen LogP contribution in [0.2, 0.25) is 10.0 Å². The van der Waals surface area contributed by atoms with Crippen LogP contribution in [0.25, 0.3) is 5.65 Å². The summed E-state index contributed by atoms with van der Waals surface area (Å²) in [6.07, 6.45) is 1.90. The number of carbonyl (C=O) groups is 3. The van der Waals surface area contributed by atoms with Gasteiger partial charge in [-0.1, -0.05) is 35.3 Å². The summed E-state index contributed by atoms with van der Waals surface area (Å²) in [5, 5.41) is 3.07. The molecule has 8 nitrogen and oxygen atoms in total. The molecule has 3 heterocycles. The molecule has 190 valence electrons. The Morgan fingerprint density at radius 1 is 1.08 bits per heavy atom. The van der Waals surface area contributed by atoms with Crippen LogP contribution in [0.15, 0.2) is 59.3 Å². The van der Waals surface area contributed by atoms with Crippen LogP contribution in [-0.2, 0) is 11.4 Å². The van der Waals surface area contributed by atoms with Crippen LogP contribution < -0.4 is 15.0 Å². The van der Waals surface area contributed by atoms with Crippen LogP contribution in [-0.4, -0.2) is 34.2 Å². The van der Waals surface area contributed by atoms with E-state index in [9.17, 15) is 14.4 Å². The summed E-state index contributed by atoms with van der Waals surface area (Å²) >= 11 is 16.3. The van der Waals surface area contributed by atoms with E-state index in [1.807, 2.05) is 29.7 Å². The fourth-order valence-corrected chi connectivity index (χ4v) is 4.63. The van der Waals surface area contributed by atoms with Crippen molar-refractivity contribution in [1.29, 1.82) is 0 Å². The summed E-state index contributed by atoms with van der Waals surface area (Å²) in [4.78, 5) is 39.5. The van der Waals surface area contributed by atoms with Crippen LogP contribution in [0.4, 0.5) is 5.69 Å². The van der Waals surface area contributed by atoms with Crippen LogP contribution in [0, 0.1) is 6.92 Å². The zero-order valence-electron chi connectivity index (χ0n) is 20.0. The molecular weight excluding hydrogens is 583 g/mol. The minimum atomic E-state index is -0.300. The van der Waals surface area contributed by atoms with E-state index < -0.39 is 0 Å². The Balaban J connectivity index is 0.000000241. The molecule has 0 spiro atoms. The number of anilines is 1. The fraction of sp³-hybridized carbons (Fsp3) is 0.154. The lowest BCUT2D eigenvalue weighted by atomic mass is 10.1. The van der Waals surface area contributed by atoms with Crippen molar-refractivity contribution in [2.45, 2.75) is 20.5 Å². The van der Waals surface area contributed by atoms with Gasteiger partial charge in [-0.15, -0.1) is 0 Å². The number of pyridine rings is 1. The molecule has 1 aliphatic rings. The molecule has 37 heavy (non-hydrogen) atoms. The highest BCUT2D eigenvalue weighted by molar-refractivity contribution is 9.10. The number of imidazole rings is 1. The van der Waals surface area contributed by atoms with Crippen molar-refractivity contribution in [3.63, 3.8) is 0 Å². The highest BCUT2D eigenvalue weighted by Gasteiger charge is 2.25. The number of ether oxygens (including phenoxy) is 1. The molecule has 0 atom stereocenters. The normalized spacial score (nSPS) is 12.1. The first-order valence-electron chi connectivity index (χ1n) is 11.0. The Hall–Kier alpha value is -3.40. The first kappa shape index (κ1) is 26.7. The number of hydrogen-bond donors (Lipinski definition) is 1. The van der Waals surface area contributed by atoms with Crippen LogP contribution in [0.3, 0.4) is 0 Å². The Bertz CT molecular complexity index is 1520. The molecule has 0 unspecified atom stereocenters. The number of nitrogens with one attached hydrogen (secondary N) is 1. The highest BCUT2D eigenvalue weighted by Crippen LogP contribution is 2.35.